The molecule has 0 aliphatic heterocycles. The highest BCUT2D eigenvalue weighted by molar-refractivity contribution is 7.15. The van der Waals surface area contributed by atoms with Crippen LogP contribution in [0.1, 0.15) is 43.5 Å². The lowest BCUT2D eigenvalue weighted by atomic mass is 10.0. The predicted molar refractivity (Wildman–Crippen MR) is 105 cm³/mol. The van der Waals surface area contributed by atoms with Crippen LogP contribution in [0, 0.1) is 0 Å². The Balaban J connectivity index is 2.32. The number of thiophene rings is 1. The average molecular weight is 410 g/mol. The molecule has 27 heavy (non-hydrogen) atoms. The molecule has 0 aliphatic rings. The second-order valence-electron chi connectivity index (χ2n) is 6.08. The van der Waals surface area contributed by atoms with E-state index in [4.69, 9.17) is 21.4 Å². The molecule has 2 rings (SSSR count). The molecule has 1 amide bonds. The molecule has 1 aromatic heterocycles. The van der Waals surface area contributed by atoms with Crippen LogP contribution in [0.25, 0.3) is 11.1 Å². The number of carbonyl (C=O) groups excluding carboxylic acids is 2. The molecule has 2 aromatic rings. The Morgan fingerprint density at radius 3 is 2.52 bits per heavy atom. The van der Waals surface area contributed by atoms with Gasteiger partial charge in [0.15, 0.2) is 0 Å². The normalized spacial score (nSPS) is 10.7. The molecule has 2 N–H and O–H groups in total. The molecular weight excluding hydrogens is 390 g/mol. The summed E-state index contributed by atoms with van der Waals surface area (Å²) in [5.74, 6) is -1.87. The smallest absolute Gasteiger partial charge is 0.342 e. The molecule has 0 saturated carbocycles. The van der Waals surface area contributed by atoms with Gasteiger partial charge in [0.05, 0.1) is 6.10 Å². The van der Waals surface area contributed by atoms with Crippen LogP contribution >= 0.6 is 22.9 Å². The van der Waals surface area contributed by atoms with Gasteiger partial charge in [-0.25, -0.2) is 4.79 Å². The molecular formula is C19H20ClNO5S. The zero-order valence-corrected chi connectivity index (χ0v) is 16.5. The molecule has 1 aromatic carbocycles. The summed E-state index contributed by atoms with van der Waals surface area (Å²) in [6.45, 7) is 3.48. The summed E-state index contributed by atoms with van der Waals surface area (Å²) in [5.41, 5.74) is 1.49. The minimum Gasteiger partial charge on any atom is -0.481 e. The molecule has 0 spiro atoms. The molecule has 0 fully saturated rings. The highest BCUT2D eigenvalue weighted by Gasteiger charge is 2.24. The maximum atomic E-state index is 12.6. The number of hydrogen-bond donors (Lipinski definition) is 2. The van der Waals surface area contributed by atoms with E-state index in [1.807, 2.05) is 0 Å². The van der Waals surface area contributed by atoms with Gasteiger partial charge in [-0.1, -0.05) is 29.8 Å². The van der Waals surface area contributed by atoms with Crippen molar-refractivity contribution in [3.05, 3.63) is 40.2 Å². The van der Waals surface area contributed by atoms with Crippen molar-refractivity contribution >= 4 is 45.8 Å². The summed E-state index contributed by atoms with van der Waals surface area (Å²) in [6, 6.07) is 7.10. The van der Waals surface area contributed by atoms with Gasteiger partial charge in [0, 0.05) is 34.4 Å². The van der Waals surface area contributed by atoms with Crippen molar-refractivity contribution in [2.45, 2.75) is 39.2 Å². The van der Waals surface area contributed by atoms with Crippen LogP contribution < -0.4 is 5.32 Å². The van der Waals surface area contributed by atoms with Crippen LogP contribution in [-0.2, 0) is 14.3 Å². The van der Waals surface area contributed by atoms with Crippen molar-refractivity contribution < 1.29 is 24.2 Å². The Kier molecular flexibility index (Phi) is 7.38. The summed E-state index contributed by atoms with van der Waals surface area (Å²) < 4.78 is 5.33. The van der Waals surface area contributed by atoms with Crippen molar-refractivity contribution in [1.82, 2.24) is 0 Å². The summed E-state index contributed by atoms with van der Waals surface area (Å²) in [5, 5.41) is 13.9. The fourth-order valence-electron chi connectivity index (χ4n) is 2.39. The molecule has 0 aliphatic carbocycles. The van der Waals surface area contributed by atoms with Gasteiger partial charge in [0.1, 0.15) is 10.6 Å². The van der Waals surface area contributed by atoms with Crippen LogP contribution in [0.15, 0.2) is 29.6 Å². The quantitative estimate of drug-likeness (QED) is 0.609. The number of nitrogens with one attached hydrogen (secondary N) is 1. The van der Waals surface area contributed by atoms with Gasteiger partial charge in [-0.3, -0.25) is 9.59 Å². The van der Waals surface area contributed by atoms with E-state index in [2.05, 4.69) is 5.32 Å². The highest BCUT2D eigenvalue weighted by atomic mass is 35.5. The number of amides is 1. The zero-order chi connectivity index (χ0) is 20.0. The Bertz CT molecular complexity index is 846. The van der Waals surface area contributed by atoms with E-state index in [9.17, 15) is 14.4 Å². The van der Waals surface area contributed by atoms with E-state index in [1.54, 1.807) is 43.5 Å². The average Bonchev–Trinajstić information content (AvgIpc) is 2.97. The monoisotopic (exact) mass is 409 g/mol. The maximum absolute atomic E-state index is 12.6. The molecule has 0 atom stereocenters. The highest BCUT2D eigenvalue weighted by Crippen LogP contribution is 2.39. The first-order chi connectivity index (χ1) is 12.8. The van der Waals surface area contributed by atoms with Gasteiger partial charge >= 0.3 is 11.9 Å². The Morgan fingerprint density at radius 1 is 1.19 bits per heavy atom. The number of esters is 1. The van der Waals surface area contributed by atoms with Crippen LogP contribution in [0.5, 0.6) is 0 Å². The minimum absolute atomic E-state index is 0.0459. The van der Waals surface area contributed by atoms with Crippen LogP contribution in [0.3, 0.4) is 0 Å². The zero-order valence-electron chi connectivity index (χ0n) is 15.0. The second-order valence-corrected chi connectivity index (χ2v) is 7.37. The lowest BCUT2D eigenvalue weighted by Gasteiger charge is -2.12. The van der Waals surface area contributed by atoms with Gasteiger partial charge < -0.3 is 15.2 Å². The van der Waals surface area contributed by atoms with E-state index < -0.39 is 11.9 Å². The van der Waals surface area contributed by atoms with Crippen LogP contribution in [-0.4, -0.2) is 29.1 Å². The lowest BCUT2D eigenvalue weighted by molar-refractivity contribution is -0.137. The third kappa shape index (κ3) is 5.80. The molecule has 0 unspecified atom stereocenters. The number of carboxylic acid groups (broad SMARTS) is 1. The number of carboxylic acids is 1. The number of ether oxygens (including phenoxy) is 1. The van der Waals surface area contributed by atoms with E-state index >= 15 is 0 Å². The van der Waals surface area contributed by atoms with Gasteiger partial charge in [0.25, 0.3) is 0 Å². The number of aliphatic carboxylic acids is 1. The Labute approximate surface area is 166 Å². The Hall–Kier alpha value is -2.38. The molecule has 8 heteroatoms. The number of rotatable bonds is 8. The molecule has 1 heterocycles. The maximum Gasteiger partial charge on any atom is 0.342 e. The number of carbonyl (C=O) groups is 3. The predicted octanol–water partition coefficient (Wildman–Crippen LogP) is 4.83. The van der Waals surface area contributed by atoms with Gasteiger partial charge in [-0.05, 0) is 26.3 Å². The minimum atomic E-state index is -0.957. The number of benzene rings is 1. The Morgan fingerprint density at radius 2 is 1.89 bits per heavy atom. The molecule has 0 saturated heterocycles. The lowest BCUT2D eigenvalue weighted by Crippen LogP contribution is -2.16. The summed E-state index contributed by atoms with van der Waals surface area (Å²) in [4.78, 5) is 35.3. The third-order valence-corrected chi connectivity index (χ3v) is 4.77. The third-order valence-electron chi connectivity index (χ3n) is 3.55. The van der Waals surface area contributed by atoms with E-state index in [1.165, 1.54) is 11.3 Å². The summed E-state index contributed by atoms with van der Waals surface area (Å²) >= 11 is 7.46. The van der Waals surface area contributed by atoms with E-state index in [-0.39, 0.29) is 36.8 Å². The number of halogens is 1. The number of anilines is 1. The summed E-state index contributed by atoms with van der Waals surface area (Å²) in [7, 11) is 0. The first-order valence-electron chi connectivity index (χ1n) is 8.38. The van der Waals surface area contributed by atoms with Crippen molar-refractivity contribution in [1.29, 1.82) is 0 Å². The molecule has 6 nitrogen and oxygen atoms in total. The van der Waals surface area contributed by atoms with E-state index in [0.717, 1.165) is 0 Å². The largest absolute Gasteiger partial charge is 0.481 e. The topological polar surface area (TPSA) is 92.7 Å². The first-order valence-corrected chi connectivity index (χ1v) is 9.64. The van der Waals surface area contributed by atoms with Crippen molar-refractivity contribution in [3.63, 3.8) is 0 Å². The van der Waals surface area contributed by atoms with Gasteiger partial charge in [-0.2, -0.15) is 0 Å². The van der Waals surface area contributed by atoms with E-state index in [0.29, 0.717) is 21.2 Å². The van der Waals surface area contributed by atoms with Gasteiger partial charge in [0.2, 0.25) is 5.91 Å². The number of hydrogen-bond acceptors (Lipinski definition) is 5. The van der Waals surface area contributed by atoms with Gasteiger partial charge in [-0.15, -0.1) is 11.3 Å². The van der Waals surface area contributed by atoms with Crippen LogP contribution in [0.4, 0.5) is 5.00 Å². The summed E-state index contributed by atoms with van der Waals surface area (Å²) in [6.07, 6.45) is -0.152. The van der Waals surface area contributed by atoms with Crippen LogP contribution in [0.2, 0.25) is 5.02 Å². The SMILES string of the molecule is CC(C)OC(=O)c1c(-c2ccccc2Cl)csc1NC(=O)CCCC(=O)O. The molecule has 0 radical (unpaired) electrons. The molecule has 0 bridgehead atoms. The first kappa shape index (κ1) is 20.9. The second kappa shape index (κ2) is 9.53. The van der Waals surface area contributed by atoms with Crippen molar-refractivity contribution in [3.8, 4) is 11.1 Å². The molecule has 144 valence electrons. The fraction of sp³-hybridized carbons (Fsp3) is 0.316. The standard InChI is InChI=1S/C19H20ClNO5S/c1-11(2)26-19(25)17-13(12-6-3-4-7-14(12)20)10-27-18(17)21-15(22)8-5-9-16(23)24/h3-4,6-7,10-11H,5,8-9H2,1-2H3,(H,21,22)(H,23,24). The van der Waals surface area contributed by atoms with Crippen molar-refractivity contribution in [2.75, 3.05) is 5.32 Å². The fourth-order valence-corrected chi connectivity index (χ4v) is 3.59. The van der Waals surface area contributed by atoms with Crippen molar-refractivity contribution in [2.24, 2.45) is 0 Å².